The van der Waals surface area contributed by atoms with Gasteiger partial charge in [0.1, 0.15) is 30.5 Å². The normalized spacial score (nSPS) is 15.0. The van der Waals surface area contributed by atoms with Crippen LogP contribution in [0.25, 0.3) is 10.9 Å². The van der Waals surface area contributed by atoms with Gasteiger partial charge in [-0.2, -0.15) is 0 Å². The number of ketones is 1. The van der Waals surface area contributed by atoms with Gasteiger partial charge in [-0.15, -0.1) is 0 Å². The Morgan fingerprint density at radius 1 is 1.13 bits per heavy atom. The molecule has 1 aromatic heterocycles. The molecule has 0 spiro atoms. The molecule has 0 radical (unpaired) electrons. The van der Waals surface area contributed by atoms with Gasteiger partial charge in [-0.1, -0.05) is 17.7 Å². The summed E-state index contributed by atoms with van der Waals surface area (Å²) >= 11 is 6.46. The third kappa shape index (κ3) is 4.12. The van der Waals surface area contributed by atoms with Crippen LogP contribution in [0.3, 0.4) is 0 Å². The van der Waals surface area contributed by atoms with Crippen LogP contribution in [-0.4, -0.2) is 31.1 Å². The van der Waals surface area contributed by atoms with Crippen molar-refractivity contribution < 1.29 is 23.7 Å². The molecule has 2 aromatic carbocycles. The third-order valence-corrected chi connectivity index (χ3v) is 5.87. The molecule has 5 rings (SSSR count). The third-order valence-electron chi connectivity index (χ3n) is 5.52. The highest BCUT2D eigenvalue weighted by molar-refractivity contribution is 6.31. The van der Waals surface area contributed by atoms with Crippen LogP contribution in [0.2, 0.25) is 5.02 Å². The van der Waals surface area contributed by atoms with Crippen LogP contribution in [0.5, 0.6) is 28.7 Å². The second kappa shape index (κ2) is 8.27. The molecule has 1 aliphatic carbocycles. The van der Waals surface area contributed by atoms with Gasteiger partial charge in [0.05, 0.1) is 18.0 Å². The minimum atomic E-state index is 0.232. The molecule has 0 unspecified atom stereocenters. The van der Waals surface area contributed by atoms with E-state index in [9.17, 15) is 4.79 Å². The zero-order chi connectivity index (χ0) is 21.4. The molecule has 160 valence electrons. The highest BCUT2D eigenvalue weighted by atomic mass is 35.5. The first-order valence-electron chi connectivity index (χ1n) is 10.4. The van der Waals surface area contributed by atoms with Gasteiger partial charge in [0, 0.05) is 30.1 Å². The molecule has 6 nitrogen and oxygen atoms in total. The predicted octanol–water partition coefficient (Wildman–Crippen LogP) is 5.37. The van der Waals surface area contributed by atoms with E-state index >= 15 is 0 Å². The number of rotatable bonds is 7. The van der Waals surface area contributed by atoms with Gasteiger partial charge >= 0.3 is 0 Å². The number of carbonyl (C=O) groups excluding carboxylic acids is 1. The van der Waals surface area contributed by atoms with Crippen molar-refractivity contribution in [1.29, 1.82) is 0 Å². The van der Waals surface area contributed by atoms with Crippen molar-refractivity contribution in [2.24, 2.45) is 5.92 Å². The minimum Gasteiger partial charge on any atom is -0.493 e. The first kappa shape index (κ1) is 19.9. The Kier molecular flexibility index (Phi) is 5.32. The van der Waals surface area contributed by atoms with E-state index in [0.717, 1.165) is 18.4 Å². The van der Waals surface area contributed by atoms with Gasteiger partial charge in [0.2, 0.25) is 5.75 Å². The summed E-state index contributed by atoms with van der Waals surface area (Å²) in [6.45, 7) is 0.876. The van der Waals surface area contributed by atoms with Gasteiger partial charge in [-0.05, 0) is 42.5 Å². The number of hydrogen-bond acceptors (Lipinski definition) is 6. The lowest BCUT2D eigenvalue weighted by Gasteiger charge is -2.23. The van der Waals surface area contributed by atoms with E-state index in [1.54, 1.807) is 31.5 Å². The summed E-state index contributed by atoms with van der Waals surface area (Å²) in [7, 11) is 1.58. The second-order valence-electron chi connectivity index (χ2n) is 7.86. The molecule has 2 aliphatic rings. The summed E-state index contributed by atoms with van der Waals surface area (Å²) in [5.41, 5.74) is 1.49. The fourth-order valence-corrected chi connectivity index (χ4v) is 4.04. The van der Waals surface area contributed by atoms with Crippen LogP contribution in [0.15, 0.2) is 36.5 Å². The molecule has 0 amide bonds. The number of fused-ring (bicyclic) bond motifs is 3. The molecular formula is C24H22ClNO5. The Morgan fingerprint density at radius 2 is 1.94 bits per heavy atom. The lowest BCUT2D eigenvalue weighted by molar-refractivity contribution is -0.118. The van der Waals surface area contributed by atoms with E-state index in [0.29, 0.717) is 76.6 Å². The van der Waals surface area contributed by atoms with Crippen molar-refractivity contribution in [3.63, 3.8) is 0 Å². The molecule has 0 saturated heterocycles. The number of ether oxygens (including phenoxy) is 4. The fourth-order valence-electron chi connectivity index (χ4n) is 3.80. The summed E-state index contributed by atoms with van der Waals surface area (Å²) in [6, 6.07) is 8.99. The Hall–Kier alpha value is -2.99. The number of carbonyl (C=O) groups is 1. The molecule has 7 heteroatoms. The first-order chi connectivity index (χ1) is 15.1. The van der Waals surface area contributed by atoms with Crippen LogP contribution in [0.1, 0.15) is 24.8 Å². The van der Waals surface area contributed by atoms with Crippen LogP contribution in [0, 0.1) is 5.92 Å². The molecule has 1 saturated carbocycles. The Balaban J connectivity index is 1.45. The number of Topliss-reactive ketones (excluding diaryl/α,β-unsaturated/α-hetero) is 1. The lowest BCUT2D eigenvalue weighted by Crippen LogP contribution is -2.16. The number of pyridine rings is 1. The van der Waals surface area contributed by atoms with Crippen molar-refractivity contribution in [3.8, 4) is 28.7 Å². The molecule has 0 atom stereocenters. The molecule has 1 fully saturated rings. The first-order valence-corrected chi connectivity index (χ1v) is 10.7. The fraction of sp³-hybridized carbons (Fsp3) is 0.333. The van der Waals surface area contributed by atoms with Crippen LogP contribution in [-0.2, 0) is 11.2 Å². The number of halogens is 1. The number of benzene rings is 2. The van der Waals surface area contributed by atoms with Gasteiger partial charge in [0.15, 0.2) is 11.5 Å². The summed E-state index contributed by atoms with van der Waals surface area (Å²) in [6.07, 6.45) is 4.99. The van der Waals surface area contributed by atoms with Crippen molar-refractivity contribution >= 4 is 28.3 Å². The van der Waals surface area contributed by atoms with Gasteiger partial charge in [-0.3, -0.25) is 9.78 Å². The molecule has 0 N–H and O–H groups in total. The maximum atomic E-state index is 12.2. The molecule has 3 aromatic rings. The monoisotopic (exact) mass is 439 g/mol. The average Bonchev–Trinajstić information content (AvgIpc) is 3.59. The number of hydrogen-bond donors (Lipinski definition) is 0. The molecule has 0 bridgehead atoms. The Labute approximate surface area is 185 Å². The van der Waals surface area contributed by atoms with Crippen molar-refractivity contribution in [2.75, 3.05) is 20.3 Å². The zero-order valence-electron chi connectivity index (χ0n) is 17.2. The van der Waals surface area contributed by atoms with E-state index in [4.69, 9.17) is 30.5 Å². The average molecular weight is 440 g/mol. The Morgan fingerprint density at radius 3 is 2.68 bits per heavy atom. The summed E-state index contributed by atoms with van der Waals surface area (Å²) in [4.78, 5) is 16.6. The van der Waals surface area contributed by atoms with Crippen molar-refractivity contribution in [2.45, 2.75) is 25.7 Å². The Bertz CT molecular complexity index is 1160. The van der Waals surface area contributed by atoms with Crippen molar-refractivity contribution in [3.05, 3.63) is 47.1 Å². The van der Waals surface area contributed by atoms with Crippen molar-refractivity contribution in [1.82, 2.24) is 4.98 Å². The lowest BCUT2D eigenvalue weighted by atomic mass is 10.0. The van der Waals surface area contributed by atoms with E-state index in [1.807, 2.05) is 12.1 Å². The molecule has 1 aliphatic heterocycles. The SMILES string of the molecule is COc1cc2nccc(Oc3ccc(CC(=O)CC4CC4)c(Cl)c3)c2c2c1OCCO2. The van der Waals surface area contributed by atoms with E-state index in [1.165, 1.54) is 0 Å². The van der Waals surface area contributed by atoms with Gasteiger partial charge in [0.25, 0.3) is 0 Å². The maximum Gasteiger partial charge on any atom is 0.204 e. The predicted molar refractivity (Wildman–Crippen MR) is 117 cm³/mol. The molecule has 31 heavy (non-hydrogen) atoms. The summed E-state index contributed by atoms with van der Waals surface area (Å²) < 4.78 is 23.3. The topological polar surface area (TPSA) is 66.9 Å². The standard InChI is InChI=1S/C24H22ClNO5/c1-28-21-13-19-22(24-23(21)29-8-9-30-24)20(6-7-26-19)31-17-5-4-15(18(25)12-17)11-16(27)10-14-2-3-14/h4-7,12-14H,2-3,8-11H2,1H3. The van der Waals surface area contributed by atoms with E-state index in [-0.39, 0.29) is 5.78 Å². The largest absolute Gasteiger partial charge is 0.493 e. The highest BCUT2D eigenvalue weighted by Crippen LogP contribution is 2.48. The van der Waals surface area contributed by atoms with E-state index in [2.05, 4.69) is 4.98 Å². The quantitative estimate of drug-likeness (QED) is 0.493. The smallest absolute Gasteiger partial charge is 0.204 e. The number of aromatic nitrogens is 1. The summed E-state index contributed by atoms with van der Waals surface area (Å²) in [5, 5.41) is 1.22. The van der Waals surface area contributed by atoms with Crippen LogP contribution >= 0.6 is 11.6 Å². The number of methoxy groups -OCH3 is 1. The molecular weight excluding hydrogens is 418 g/mol. The summed E-state index contributed by atoms with van der Waals surface area (Å²) in [5.74, 6) is 3.61. The second-order valence-corrected chi connectivity index (χ2v) is 8.26. The number of nitrogens with zero attached hydrogens (tertiary/aromatic N) is 1. The zero-order valence-corrected chi connectivity index (χ0v) is 17.9. The van der Waals surface area contributed by atoms with Gasteiger partial charge < -0.3 is 18.9 Å². The van der Waals surface area contributed by atoms with Gasteiger partial charge in [-0.25, -0.2) is 0 Å². The minimum absolute atomic E-state index is 0.232. The maximum absolute atomic E-state index is 12.2. The van der Waals surface area contributed by atoms with Crippen LogP contribution < -0.4 is 18.9 Å². The van der Waals surface area contributed by atoms with E-state index < -0.39 is 0 Å². The molecule has 2 heterocycles. The van der Waals surface area contributed by atoms with Crippen LogP contribution in [0.4, 0.5) is 0 Å². The highest BCUT2D eigenvalue weighted by Gasteiger charge is 2.25.